The van der Waals surface area contributed by atoms with E-state index >= 15 is 0 Å². The van der Waals surface area contributed by atoms with E-state index in [0.29, 0.717) is 0 Å². The summed E-state index contributed by atoms with van der Waals surface area (Å²) in [6.45, 7) is 0. The Bertz CT molecular complexity index is 1270. The maximum Gasteiger partial charge on any atom is 0.239 e. The van der Waals surface area contributed by atoms with Gasteiger partial charge in [0.25, 0.3) is 0 Å². The summed E-state index contributed by atoms with van der Waals surface area (Å²) >= 11 is 8.25. The minimum atomic E-state index is -2.62. The molecule has 2 aliphatic rings. The number of hydrogen-bond donors (Lipinski definition) is 0. The lowest BCUT2D eigenvalue weighted by Gasteiger charge is -2.43. The second kappa shape index (κ2) is 6.50. The Labute approximate surface area is 179 Å². The van der Waals surface area contributed by atoms with Gasteiger partial charge in [0.1, 0.15) is 5.75 Å². The van der Waals surface area contributed by atoms with Crippen molar-refractivity contribution < 1.29 is 4.52 Å². The Balaban J connectivity index is 1.67. The maximum absolute atomic E-state index is 6.74. The summed E-state index contributed by atoms with van der Waals surface area (Å²) in [4.78, 5) is 2.41. The minimum Gasteiger partial charge on any atom is -0.444 e. The SMILES string of the molecule is S=P1(N2c3ccccc3Sc3ccccc32)Oc2ccccc2-c2ccccc21. The van der Waals surface area contributed by atoms with Crippen LogP contribution in [0.3, 0.4) is 0 Å². The van der Waals surface area contributed by atoms with Gasteiger partial charge in [-0.15, -0.1) is 0 Å². The zero-order valence-corrected chi connectivity index (χ0v) is 17.9. The van der Waals surface area contributed by atoms with Crippen LogP contribution in [0.4, 0.5) is 11.4 Å². The quantitative estimate of drug-likeness (QED) is 0.302. The summed E-state index contributed by atoms with van der Waals surface area (Å²) in [5.74, 6) is 0.864. The lowest BCUT2D eigenvalue weighted by molar-refractivity contribution is 0.617. The minimum absolute atomic E-state index is 0.864. The molecule has 2 heterocycles. The number of hydrogen-bond acceptors (Lipinski definition) is 3. The third-order valence-electron chi connectivity index (χ3n) is 5.28. The van der Waals surface area contributed by atoms with E-state index in [1.807, 2.05) is 12.1 Å². The topological polar surface area (TPSA) is 12.5 Å². The molecule has 0 N–H and O–H groups in total. The number of benzene rings is 4. The van der Waals surface area contributed by atoms with Gasteiger partial charge in [0.15, 0.2) is 0 Å². The first-order valence-electron chi connectivity index (χ1n) is 9.41. The molecule has 0 fully saturated rings. The van der Waals surface area contributed by atoms with Crippen molar-refractivity contribution in [2.24, 2.45) is 0 Å². The largest absolute Gasteiger partial charge is 0.444 e. The number of rotatable bonds is 1. The molecular formula is C24H16NOPS2. The van der Waals surface area contributed by atoms with Crippen LogP contribution >= 0.6 is 18.2 Å². The molecule has 0 radical (unpaired) electrons. The Kier molecular flexibility index (Phi) is 3.89. The molecule has 140 valence electrons. The van der Waals surface area contributed by atoms with E-state index in [4.69, 9.17) is 16.3 Å². The van der Waals surface area contributed by atoms with Gasteiger partial charge < -0.3 is 4.52 Å². The number of nitrogens with zero attached hydrogens (tertiary/aromatic N) is 1. The van der Waals surface area contributed by atoms with Crippen LogP contribution in [0, 0.1) is 0 Å². The fourth-order valence-corrected chi connectivity index (χ4v) is 8.97. The zero-order valence-electron chi connectivity index (χ0n) is 15.4. The lowest BCUT2D eigenvalue weighted by atomic mass is 10.0. The first-order chi connectivity index (χ1) is 14.3. The third kappa shape index (κ3) is 2.53. The fourth-order valence-electron chi connectivity index (χ4n) is 4.02. The van der Waals surface area contributed by atoms with Crippen LogP contribution in [0.2, 0.25) is 0 Å². The average Bonchev–Trinajstić information content (AvgIpc) is 2.77. The lowest BCUT2D eigenvalue weighted by Crippen LogP contribution is -2.30. The molecule has 5 heteroatoms. The molecule has 0 spiro atoms. The van der Waals surface area contributed by atoms with Crippen molar-refractivity contribution in [1.29, 1.82) is 0 Å². The molecule has 4 aromatic rings. The van der Waals surface area contributed by atoms with Crippen LogP contribution in [-0.4, -0.2) is 0 Å². The highest BCUT2D eigenvalue weighted by molar-refractivity contribution is 8.17. The van der Waals surface area contributed by atoms with E-state index in [2.05, 4.69) is 89.6 Å². The van der Waals surface area contributed by atoms with E-state index in [1.54, 1.807) is 11.8 Å². The van der Waals surface area contributed by atoms with Gasteiger partial charge in [0, 0.05) is 20.7 Å². The Morgan fingerprint density at radius 3 is 1.93 bits per heavy atom. The second-order valence-corrected chi connectivity index (χ2v) is 11.6. The molecule has 2 nitrogen and oxygen atoms in total. The van der Waals surface area contributed by atoms with Crippen LogP contribution in [-0.2, 0) is 11.8 Å². The summed E-state index contributed by atoms with van der Waals surface area (Å²) in [6.07, 6.45) is -2.62. The molecule has 0 saturated heterocycles. The predicted molar refractivity (Wildman–Crippen MR) is 126 cm³/mol. The molecule has 0 amide bonds. The maximum atomic E-state index is 6.74. The number of fused-ring (bicyclic) bond motifs is 5. The molecule has 0 aliphatic carbocycles. The van der Waals surface area contributed by atoms with Gasteiger partial charge >= 0.3 is 0 Å². The van der Waals surface area contributed by atoms with Gasteiger partial charge in [-0.05, 0) is 53.8 Å². The molecule has 0 bridgehead atoms. The van der Waals surface area contributed by atoms with Crippen molar-refractivity contribution in [2.75, 3.05) is 4.67 Å². The fraction of sp³-hybridized carbons (Fsp3) is 0. The van der Waals surface area contributed by atoms with E-state index < -0.39 is 6.42 Å². The highest BCUT2D eigenvalue weighted by atomic mass is 32.4. The zero-order chi connectivity index (χ0) is 19.4. The van der Waals surface area contributed by atoms with E-state index in [-0.39, 0.29) is 0 Å². The third-order valence-corrected chi connectivity index (χ3v) is 10.1. The summed E-state index contributed by atoms with van der Waals surface area (Å²) in [6, 6.07) is 33.6. The van der Waals surface area contributed by atoms with Crippen molar-refractivity contribution in [3.8, 4) is 16.9 Å². The Morgan fingerprint density at radius 1 is 0.655 bits per heavy atom. The molecular weight excluding hydrogens is 413 g/mol. The Morgan fingerprint density at radius 2 is 1.21 bits per heavy atom. The normalized spacial score (nSPS) is 18.7. The standard InChI is InChI=1S/C24H16NOPS2/c28-27(22-14-6-2-10-18(22)17-9-1-5-13-21(17)26-27)25-19-11-3-7-15-23(19)29-24-16-8-4-12-20(24)25/h1-16H. The summed E-state index contributed by atoms with van der Waals surface area (Å²) < 4.78 is 9.03. The second-order valence-electron chi connectivity index (χ2n) is 6.97. The van der Waals surface area contributed by atoms with Gasteiger partial charge in [0.05, 0.1) is 11.4 Å². The van der Waals surface area contributed by atoms with Gasteiger partial charge in [-0.2, -0.15) is 0 Å². The van der Waals surface area contributed by atoms with Crippen molar-refractivity contribution in [3.05, 3.63) is 97.1 Å². The van der Waals surface area contributed by atoms with Gasteiger partial charge in [-0.25, -0.2) is 0 Å². The van der Waals surface area contributed by atoms with Crippen LogP contribution in [0.5, 0.6) is 5.75 Å². The predicted octanol–water partition coefficient (Wildman–Crippen LogP) is 6.98. The number of para-hydroxylation sites is 3. The molecule has 29 heavy (non-hydrogen) atoms. The molecule has 0 saturated carbocycles. The Hall–Kier alpha value is -2.52. The van der Waals surface area contributed by atoms with Crippen LogP contribution in [0.25, 0.3) is 11.1 Å². The van der Waals surface area contributed by atoms with E-state index in [0.717, 1.165) is 28.0 Å². The van der Waals surface area contributed by atoms with Crippen molar-refractivity contribution in [1.82, 2.24) is 0 Å². The number of anilines is 2. The van der Waals surface area contributed by atoms with Crippen molar-refractivity contribution in [3.63, 3.8) is 0 Å². The molecule has 0 aromatic heterocycles. The first kappa shape index (κ1) is 17.3. The van der Waals surface area contributed by atoms with E-state index in [9.17, 15) is 0 Å². The van der Waals surface area contributed by atoms with Crippen LogP contribution in [0.1, 0.15) is 0 Å². The van der Waals surface area contributed by atoms with Crippen molar-refractivity contribution >= 4 is 46.7 Å². The first-order valence-corrected chi connectivity index (χ1v) is 12.9. The molecule has 1 unspecified atom stereocenters. The van der Waals surface area contributed by atoms with Gasteiger partial charge in [-0.1, -0.05) is 72.4 Å². The molecule has 6 rings (SSSR count). The summed E-state index contributed by atoms with van der Waals surface area (Å²) in [5, 5.41) is 1.10. The highest BCUT2D eigenvalue weighted by Gasteiger charge is 2.41. The molecule has 4 aromatic carbocycles. The van der Waals surface area contributed by atoms with Crippen LogP contribution in [0.15, 0.2) is 107 Å². The van der Waals surface area contributed by atoms with Crippen molar-refractivity contribution in [2.45, 2.75) is 9.79 Å². The summed E-state index contributed by atoms with van der Waals surface area (Å²) in [5.41, 5.74) is 4.52. The van der Waals surface area contributed by atoms with Crippen LogP contribution < -0.4 is 14.5 Å². The molecule has 2 aliphatic heterocycles. The monoisotopic (exact) mass is 429 g/mol. The highest BCUT2D eigenvalue weighted by Crippen LogP contribution is 2.65. The van der Waals surface area contributed by atoms with E-state index in [1.165, 1.54) is 15.4 Å². The van der Waals surface area contributed by atoms with Gasteiger partial charge in [0.2, 0.25) is 6.42 Å². The summed E-state index contributed by atoms with van der Waals surface area (Å²) in [7, 11) is 0. The van der Waals surface area contributed by atoms with Gasteiger partial charge in [-0.3, -0.25) is 4.67 Å². The average molecular weight is 430 g/mol. The molecule has 1 atom stereocenters. The smallest absolute Gasteiger partial charge is 0.239 e.